The van der Waals surface area contributed by atoms with Gasteiger partial charge in [-0.3, -0.25) is 0 Å². The first kappa shape index (κ1) is 11.1. The number of nitrogens with zero attached hydrogens (tertiary/aromatic N) is 3. The Hall–Kier alpha value is -1.40. The molecule has 0 amide bonds. The summed E-state index contributed by atoms with van der Waals surface area (Å²) in [5, 5.41) is 2.08. The summed E-state index contributed by atoms with van der Waals surface area (Å²) in [6, 6.07) is 0. The van der Waals surface area contributed by atoms with Crippen LogP contribution in [0.25, 0.3) is 10.2 Å². The van der Waals surface area contributed by atoms with E-state index in [0.717, 1.165) is 23.2 Å². The zero-order valence-corrected chi connectivity index (χ0v) is 10.2. The first-order valence-electron chi connectivity index (χ1n) is 5.01. The minimum Gasteiger partial charge on any atom is -0.382 e. The van der Waals surface area contributed by atoms with Gasteiger partial charge in [0.2, 0.25) is 5.95 Å². The van der Waals surface area contributed by atoms with Crippen LogP contribution in [0.15, 0.2) is 5.38 Å². The average molecular weight is 237 g/mol. The fourth-order valence-corrected chi connectivity index (χ4v) is 2.47. The molecule has 0 fully saturated rings. The van der Waals surface area contributed by atoms with Crippen LogP contribution in [0.3, 0.4) is 0 Å². The van der Waals surface area contributed by atoms with E-state index in [1.54, 1.807) is 11.3 Å². The lowest BCUT2D eigenvalue weighted by Gasteiger charge is -2.08. The summed E-state index contributed by atoms with van der Waals surface area (Å²) in [5.74, 6) is 0.720. The Bertz CT molecular complexity index is 505. The van der Waals surface area contributed by atoms with E-state index in [2.05, 4.69) is 20.2 Å². The number of hydrogen-bond acceptors (Lipinski definition) is 6. The third-order valence-electron chi connectivity index (χ3n) is 2.36. The van der Waals surface area contributed by atoms with Gasteiger partial charge in [0.05, 0.1) is 10.2 Å². The third-order valence-corrected chi connectivity index (χ3v) is 3.40. The van der Waals surface area contributed by atoms with Crippen LogP contribution in [0.1, 0.15) is 5.56 Å². The molecule has 6 heteroatoms. The van der Waals surface area contributed by atoms with Gasteiger partial charge in [-0.05, 0) is 31.5 Å². The number of likely N-dealkylation sites (N-methyl/N-ethyl adjacent to an activating group) is 1. The Morgan fingerprint density at radius 2 is 2.06 bits per heavy atom. The fraction of sp³-hybridized carbons (Fsp3) is 0.400. The Morgan fingerprint density at radius 3 is 2.75 bits per heavy atom. The van der Waals surface area contributed by atoms with Gasteiger partial charge < -0.3 is 16.4 Å². The van der Waals surface area contributed by atoms with Crippen molar-refractivity contribution in [3.63, 3.8) is 0 Å². The van der Waals surface area contributed by atoms with E-state index in [1.807, 2.05) is 14.1 Å². The van der Waals surface area contributed by atoms with Crippen LogP contribution in [0.5, 0.6) is 0 Å². The molecule has 0 aliphatic rings. The minimum atomic E-state index is 0.245. The van der Waals surface area contributed by atoms with Gasteiger partial charge in [-0.25, -0.2) is 4.98 Å². The highest BCUT2D eigenvalue weighted by molar-refractivity contribution is 7.17. The van der Waals surface area contributed by atoms with E-state index in [0.29, 0.717) is 5.82 Å². The molecule has 0 aromatic carbocycles. The van der Waals surface area contributed by atoms with Crippen molar-refractivity contribution < 1.29 is 0 Å². The highest BCUT2D eigenvalue weighted by Crippen LogP contribution is 2.29. The average Bonchev–Trinajstić information content (AvgIpc) is 2.58. The molecular formula is C10H15N5S. The molecule has 0 saturated heterocycles. The third kappa shape index (κ3) is 2.07. The summed E-state index contributed by atoms with van der Waals surface area (Å²) >= 11 is 1.58. The summed E-state index contributed by atoms with van der Waals surface area (Å²) in [4.78, 5) is 10.3. The van der Waals surface area contributed by atoms with E-state index < -0.39 is 0 Å². The molecule has 2 aromatic rings. The number of thiophene rings is 1. The first-order valence-corrected chi connectivity index (χ1v) is 5.89. The minimum absolute atomic E-state index is 0.245. The van der Waals surface area contributed by atoms with E-state index in [4.69, 9.17) is 11.5 Å². The SMILES string of the molecule is CN(C)CCc1csc2c(N)nc(N)nc12. The summed E-state index contributed by atoms with van der Waals surface area (Å²) in [5.41, 5.74) is 13.5. The van der Waals surface area contributed by atoms with Crippen LogP contribution >= 0.6 is 11.3 Å². The van der Waals surface area contributed by atoms with E-state index in [-0.39, 0.29) is 5.95 Å². The molecule has 2 aromatic heterocycles. The van der Waals surface area contributed by atoms with Crippen molar-refractivity contribution in [3.05, 3.63) is 10.9 Å². The standard InChI is InChI=1S/C10H15N5S/c1-15(2)4-3-6-5-16-8-7(6)13-10(12)14-9(8)11/h5H,3-4H2,1-2H3,(H4,11,12,13,14). The zero-order chi connectivity index (χ0) is 11.7. The molecule has 16 heavy (non-hydrogen) atoms. The number of hydrogen-bond donors (Lipinski definition) is 2. The smallest absolute Gasteiger partial charge is 0.222 e. The highest BCUT2D eigenvalue weighted by Gasteiger charge is 2.10. The Labute approximate surface area is 98.1 Å². The molecule has 0 atom stereocenters. The van der Waals surface area contributed by atoms with Crippen LogP contribution in [-0.2, 0) is 6.42 Å². The topological polar surface area (TPSA) is 81.1 Å². The lowest BCUT2D eigenvalue weighted by molar-refractivity contribution is 0.414. The summed E-state index contributed by atoms with van der Waals surface area (Å²) in [6.07, 6.45) is 0.947. The van der Waals surface area contributed by atoms with E-state index in [9.17, 15) is 0 Å². The van der Waals surface area contributed by atoms with Gasteiger partial charge in [0.1, 0.15) is 5.82 Å². The molecule has 2 heterocycles. The largest absolute Gasteiger partial charge is 0.382 e. The normalized spacial score (nSPS) is 11.4. The Kier molecular flexibility index (Phi) is 2.93. The van der Waals surface area contributed by atoms with Crippen molar-refractivity contribution in [1.29, 1.82) is 0 Å². The molecule has 0 spiro atoms. The van der Waals surface area contributed by atoms with Crippen LogP contribution in [0.2, 0.25) is 0 Å². The number of anilines is 2. The molecule has 0 aliphatic carbocycles. The van der Waals surface area contributed by atoms with Crippen LogP contribution in [-0.4, -0.2) is 35.5 Å². The maximum atomic E-state index is 5.80. The van der Waals surface area contributed by atoms with Gasteiger partial charge in [-0.1, -0.05) is 0 Å². The first-order chi connectivity index (χ1) is 7.58. The van der Waals surface area contributed by atoms with Crippen LogP contribution in [0, 0.1) is 0 Å². The lowest BCUT2D eigenvalue weighted by atomic mass is 10.2. The number of nitrogens with two attached hydrogens (primary N) is 2. The second-order valence-corrected chi connectivity index (χ2v) is 4.84. The van der Waals surface area contributed by atoms with Crippen LogP contribution in [0.4, 0.5) is 11.8 Å². The molecule has 5 nitrogen and oxygen atoms in total. The molecule has 2 rings (SSSR count). The lowest BCUT2D eigenvalue weighted by Crippen LogP contribution is -2.15. The van der Waals surface area contributed by atoms with Gasteiger partial charge in [0.15, 0.2) is 0 Å². The molecule has 0 radical (unpaired) electrons. The van der Waals surface area contributed by atoms with E-state index in [1.165, 1.54) is 5.56 Å². The second kappa shape index (κ2) is 4.23. The Morgan fingerprint density at radius 1 is 1.31 bits per heavy atom. The quantitative estimate of drug-likeness (QED) is 0.831. The van der Waals surface area contributed by atoms with Crippen molar-refractivity contribution >= 4 is 33.3 Å². The van der Waals surface area contributed by atoms with Gasteiger partial charge >= 0.3 is 0 Å². The second-order valence-electron chi connectivity index (χ2n) is 3.96. The fourth-order valence-electron chi connectivity index (χ4n) is 1.53. The van der Waals surface area contributed by atoms with Crippen molar-refractivity contribution in [2.45, 2.75) is 6.42 Å². The van der Waals surface area contributed by atoms with Crippen molar-refractivity contribution in [3.8, 4) is 0 Å². The summed E-state index contributed by atoms with van der Waals surface area (Å²) in [7, 11) is 4.10. The number of rotatable bonds is 3. The van der Waals surface area contributed by atoms with Crippen molar-refractivity contribution in [1.82, 2.24) is 14.9 Å². The summed E-state index contributed by atoms with van der Waals surface area (Å²) < 4.78 is 0.933. The molecule has 0 bridgehead atoms. The van der Waals surface area contributed by atoms with Gasteiger partial charge in [-0.2, -0.15) is 4.98 Å². The maximum absolute atomic E-state index is 5.80. The predicted octanol–water partition coefficient (Wildman–Crippen LogP) is 0.960. The van der Waals surface area contributed by atoms with Gasteiger partial charge in [0.25, 0.3) is 0 Å². The highest BCUT2D eigenvalue weighted by atomic mass is 32.1. The number of nitrogen functional groups attached to an aromatic ring is 2. The van der Waals surface area contributed by atoms with Crippen molar-refractivity contribution in [2.75, 3.05) is 32.1 Å². The Balaban J connectivity index is 2.40. The number of fused-ring (bicyclic) bond motifs is 1. The molecule has 0 saturated carbocycles. The van der Waals surface area contributed by atoms with Gasteiger partial charge in [-0.15, -0.1) is 11.3 Å². The molecular weight excluding hydrogens is 222 g/mol. The molecule has 86 valence electrons. The van der Waals surface area contributed by atoms with E-state index >= 15 is 0 Å². The maximum Gasteiger partial charge on any atom is 0.222 e. The van der Waals surface area contributed by atoms with Crippen LogP contribution < -0.4 is 11.5 Å². The monoisotopic (exact) mass is 237 g/mol. The molecule has 4 N–H and O–H groups in total. The molecule has 0 aliphatic heterocycles. The zero-order valence-electron chi connectivity index (χ0n) is 9.40. The molecule has 0 unspecified atom stereocenters. The number of aromatic nitrogens is 2. The predicted molar refractivity (Wildman–Crippen MR) is 68.5 cm³/mol. The van der Waals surface area contributed by atoms with Gasteiger partial charge in [0, 0.05) is 6.54 Å². The summed E-state index contributed by atoms with van der Waals surface area (Å²) in [6.45, 7) is 0.982. The van der Waals surface area contributed by atoms with Crippen molar-refractivity contribution in [2.24, 2.45) is 0 Å².